The first-order chi connectivity index (χ1) is 7.70. The molecule has 0 aromatic heterocycles. The third kappa shape index (κ3) is 2.68. The van der Waals surface area contributed by atoms with Crippen molar-refractivity contribution in [2.45, 2.75) is 18.1 Å². The highest BCUT2D eigenvalue weighted by Crippen LogP contribution is 2.38. The normalized spacial score (nSPS) is 14.5. The van der Waals surface area contributed by atoms with Crippen molar-refractivity contribution in [1.82, 2.24) is 0 Å². The first-order valence-corrected chi connectivity index (χ1v) is 4.53. The summed E-state index contributed by atoms with van der Waals surface area (Å²) in [4.78, 5) is 0. The average Bonchev–Trinajstić information content (AvgIpc) is 2.26. The Bertz CT molecular complexity index is 372. The number of alkyl halides is 3. The van der Waals surface area contributed by atoms with E-state index in [0.717, 1.165) is 12.1 Å². The zero-order valence-electron chi connectivity index (χ0n) is 8.77. The van der Waals surface area contributed by atoms with Gasteiger partial charge in [-0.15, -0.1) is 0 Å². The number of benzene rings is 1. The second-order valence-corrected chi connectivity index (χ2v) is 3.40. The zero-order valence-corrected chi connectivity index (χ0v) is 8.77. The van der Waals surface area contributed by atoms with E-state index in [4.69, 9.17) is 14.9 Å². The Morgan fingerprint density at radius 1 is 1.12 bits per heavy atom. The van der Waals surface area contributed by atoms with Crippen molar-refractivity contribution in [3.63, 3.8) is 0 Å². The van der Waals surface area contributed by atoms with E-state index in [0.29, 0.717) is 5.75 Å². The van der Waals surface area contributed by atoms with Crippen molar-refractivity contribution >= 4 is 0 Å². The molecule has 4 nitrogen and oxygen atoms in total. The molecule has 0 bridgehead atoms. The highest BCUT2D eigenvalue weighted by atomic mass is 19.4. The summed E-state index contributed by atoms with van der Waals surface area (Å²) >= 11 is 0. The van der Waals surface area contributed by atoms with Gasteiger partial charge in [-0.3, -0.25) is 0 Å². The SMILES string of the molecule is COc1ccc(C(O)C(O)(O)C(F)(F)F)cc1. The van der Waals surface area contributed by atoms with Gasteiger partial charge in [-0.25, -0.2) is 0 Å². The predicted molar refractivity (Wildman–Crippen MR) is 51.2 cm³/mol. The fourth-order valence-corrected chi connectivity index (χ4v) is 1.17. The van der Waals surface area contributed by atoms with Crippen LogP contribution in [0.3, 0.4) is 0 Å². The summed E-state index contributed by atoms with van der Waals surface area (Å²) in [5.41, 5.74) is -0.284. The van der Waals surface area contributed by atoms with Gasteiger partial charge < -0.3 is 20.1 Å². The van der Waals surface area contributed by atoms with Crippen molar-refractivity contribution in [3.05, 3.63) is 29.8 Å². The Morgan fingerprint density at radius 2 is 1.59 bits per heavy atom. The molecule has 96 valence electrons. The molecule has 0 heterocycles. The summed E-state index contributed by atoms with van der Waals surface area (Å²) in [5, 5.41) is 27.0. The molecule has 1 atom stereocenters. The molecule has 7 heteroatoms. The number of aliphatic hydroxyl groups excluding tert-OH is 1. The van der Waals surface area contributed by atoms with Gasteiger partial charge in [0.2, 0.25) is 0 Å². The molecule has 0 saturated carbocycles. The molecule has 0 spiro atoms. The molecule has 0 amide bonds. The van der Waals surface area contributed by atoms with E-state index in [-0.39, 0.29) is 5.56 Å². The second kappa shape index (κ2) is 4.52. The minimum absolute atomic E-state index is 0.284. The van der Waals surface area contributed by atoms with Crippen LogP contribution in [0.4, 0.5) is 13.2 Å². The Morgan fingerprint density at radius 3 is 1.94 bits per heavy atom. The maximum atomic E-state index is 12.2. The zero-order chi connectivity index (χ0) is 13.3. The molecule has 1 aromatic carbocycles. The second-order valence-electron chi connectivity index (χ2n) is 3.40. The van der Waals surface area contributed by atoms with Crippen molar-refractivity contribution in [1.29, 1.82) is 0 Å². The van der Waals surface area contributed by atoms with E-state index in [1.165, 1.54) is 19.2 Å². The van der Waals surface area contributed by atoms with Crippen LogP contribution in [0.25, 0.3) is 0 Å². The van der Waals surface area contributed by atoms with Crippen LogP contribution in [0, 0.1) is 0 Å². The highest BCUT2D eigenvalue weighted by molar-refractivity contribution is 5.29. The number of hydrogen-bond acceptors (Lipinski definition) is 4. The molecule has 0 fully saturated rings. The van der Waals surface area contributed by atoms with Gasteiger partial charge in [0, 0.05) is 0 Å². The molecule has 17 heavy (non-hydrogen) atoms. The summed E-state index contributed by atoms with van der Waals surface area (Å²) in [6.07, 6.45) is -7.85. The van der Waals surface area contributed by atoms with Gasteiger partial charge in [0.1, 0.15) is 11.9 Å². The van der Waals surface area contributed by atoms with Crippen LogP contribution in [0.15, 0.2) is 24.3 Å². The molecule has 0 aliphatic rings. The molecule has 3 N–H and O–H groups in total. The van der Waals surface area contributed by atoms with Crippen LogP contribution in [-0.2, 0) is 0 Å². The molecular formula is C10H11F3O4. The lowest BCUT2D eigenvalue weighted by Gasteiger charge is -2.29. The number of aliphatic hydroxyl groups is 3. The third-order valence-electron chi connectivity index (χ3n) is 2.23. The van der Waals surface area contributed by atoms with Gasteiger partial charge in [0.15, 0.2) is 0 Å². The lowest BCUT2D eigenvalue weighted by molar-refractivity contribution is -0.380. The van der Waals surface area contributed by atoms with E-state index < -0.39 is 18.1 Å². The first-order valence-electron chi connectivity index (χ1n) is 4.53. The Kier molecular flexibility index (Phi) is 3.65. The van der Waals surface area contributed by atoms with Crippen LogP contribution >= 0.6 is 0 Å². The first kappa shape index (κ1) is 13.8. The molecule has 0 aliphatic heterocycles. The number of rotatable bonds is 3. The van der Waals surface area contributed by atoms with Gasteiger partial charge >= 0.3 is 6.18 Å². The van der Waals surface area contributed by atoms with Gasteiger partial charge in [-0.1, -0.05) is 12.1 Å². The van der Waals surface area contributed by atoms with Crippen LogP contribution in [-0.4, -0.2) is 34.4 Å². The molecule has 1 unspecified atom stereocenters. The Balaban J connectivity index is 2.99. The summed E-state index contributed by atoms with van der Waals surface area (Å²) in [5.74, 6) is -3.82. The fraction of sp³-hybridized carbons (Fsp3) is 0.400. The Hall–Kier alpha value is -1.31. The topological polar surface area (TPSA) is 69.9 Å². The monoisotopic (exact) mass is 252 g/mol. The molecule has 1 rings (SSSR count). The molecule has 0 aliphatic carbocycles. The quantitative estimate of drug-likeness (QED) is 0.701. The molecule has 1 aromatic rings. The van der Waals surface area contributed by atoms with Crippen molar-refractivity contribution in [2.75, 3.05) is 7.11 Å². The summed E-state index contributed by atoms with van der Waals surface area (Å²) in [7, 11) is 1.36. The maximum absolute atomic E-state index is 12.2. The largest absolute Gasteiger partial charge is 0.497 e. The minimum atomic E-state index is -5.35. The maximum Gasteiger partial charge on any atom is 0.446 e. The standard InChI is InChI=1S/C10H11F3O4/c1-17-7-4-2-6(3-5-7)8(14)9(15,16)10(11,12)13/h2-5,8,14-16H,1H3. The van der Waals surface area contributed by atoms with E-state index in [2.05, 4.69) is 0 Å². The summed E-state index contributed by atoms with van der Waals surface area (Å²) in [6, 6.07) is 4.81. The molecule has 0 saturated heterocycles. The van der Waals surface area contributed by atoms with Gasteiger partial charge in [0.25, 0.3) is 5.79 Å². The average molecular weight is 252 g/mol. The summed E-state index contributed by atoms with van der Waals surface area (Å²) < 4.78 is 41.5. The van der Waals surface area contributed by atoms with E-state index >= 15 is 0 Å². The number of methoxy groups -OCH3 is 1. The predicted octanol–water partition coefficient (Wildman–Crippen LogP) is 0.972. The highest BCUT2D eigenvalue weighted by Gasteiger charge is 2.58. The van der Waals surface area contributed by atoms with E-state index in [1.54, 1.807) is 0 Å². The lowest BCUT2D eigenvalue weighted by atomic mass is 10.0. The number of ether oxygens (including phenoxy) is 1. The third-order valence-corrected chi connectivity index (χ3v) is 2.23. The van der Waals surface area contributed by atoms with Gasteiger partial charge in [-0.05, 0) is 17.7 Å². The van der Waals surface area contributed by atoms with Gasteiger partial charge in [0.05, 0.1) is 7.11 Å². The van der Waals surface area contributed by atoms with Crippen molar-refractivity contribution in [2.24, 2.45) is 0 Å². The Labute approximate surface area is 94.9 Å². The van der Waals surface area contributed by atoms with Crippen LogP contribution in [0.5, 0.6) is 5.75 Å². The minimum Gasteiger partial charge on any atom is -0.497 e. The van der Waals surface area contributed by atoms with Crippen molar-refractivity contribution < 1.29 is 33.2 Å². The van der Waals surface area contributed by atoms with Gasteiger partial charge in [-0.2, -0.15) is 13.2 Å². The number of halogens is 3. The van der Waals surface area contributed by atoms with E-state index in [9.17, 15) is 18.3 Å². The van der Waals surface area contributed by atoms with Crippen molar-refractivity contribution in [3.8, 4) is 5.75 Å². The molecule has 0 radical (unpaired) electrons. The number of hydrogen-bond donors (Lipinski definition) is 3. The smallest absolute Gasteiger partial charge is 0.446 e. The molecular weight excluding hydrogens is 241 g/mol. The van der Waals surface area contributed by atoms with Crippen LogP contribution in [0.2, 0.25) is 0 Å². The summed E-state index contributed by atoms with van der Waals surface area (Å²) in [6.45, 7) is 0. The van der Waals surface area contributed by atoms with E-state index in [1.807, 2.05) is 0 Å². The lowest BCUT2D eigenvalue weighted by Crippen LogP contribution is -2.50. The van der Waals surface area contributed by atoms with Crippen LogP contribution in [0.1, 0.15) is 11.7 Å². The van der Waals surface area contributed by atoms with Crippen LogP contribution < -0.4 is 4.74 Å². The fourth-order valence-electron chi connectivity index (χ4n) is 1.17.